The number of hydrazine groups is 1. The molecule has 3 N–H and O–H groups in total. The average Bonchev–Trinajstić information content (AvgIpc) is 2.33. The number of nitrogens with zero attached hydrogens (tertiary/aromatic N) is 2. The van der Waals surface area contributed by atoms with Crippen LogP contribution < -0.4 is 10.9 Å². The molecule has 1 amide bonds. The molecule has 0 radical (unpaired) electrons. The van der Waals surface area contributed by atoms with Crippen molar-refractivity contribution in [2.45, 2.75) is 0 Å². The van der Waals surface area contributed by atoms with Crippen molar-refractivity contribution in [2.24, 2.45) is 5.84 Å². The number of rotatable bonds is 1. The second-order valence-corrected chi connectivity index (χ2v) is 3.19. The number of amides is 1. The van der Waals surface area contributed by atoms with Crippen molar-refractivity contribution in [1.82, 2.24) is 4.98 Å². The topological polar surface area (TPSA) is 79.5 Å². The van der Waals surface area contributed by atoms with Crippen LogP contribution in [0.15, 0.2) is 10.1 Å². The Morgan fingerprint density at radius 3 is 2.91 bits per heavy atom. The van der Waals surface area contributed by atoms with Crippen LogP contribution in [0.5, 0.6) is 0 Å². The lowest BCUT2D eigenvalue weighted by Crippen LogP contribution is -2.35. The zero-order valence-electron chi connectivity index (χ0n) is 5.19. The maximum absolute atomic E-state index is 10.3. The number of carbonyl (C=O) groups is 1. The Morgan fingerprint density at radius 2 is 2.55 bits per heavy atom. The standard InChI is InChI=1S/C4H4BrN3O2S/c5-2-3(11-1-7-2)8(6)4(9)10/h1H,6H2,(H,9,10). The van der Waals surface area contributed by atoms with E-state index in [9.17, 15) is 4.79 Å². The Morgan fingerprint density at radius 1 is 1.91 bits per heavy atom. The van der Waals surface area contributed by atoms with Crippen LogP contribution in [0.2, 0.25) is 0 Å². The normalized spacial score (nSPS) is 9.64. The van der Waals surface area contributed by atoms with Crippen molar-refractivity contribution in [3.8, 4) is 0 Å². The van der Waals surface area contributed by atoms with Crippen LogP contribution in [-0.2, 0) is 0 Å². The molecule has 1 aromatic rings. The van der Waals surface area contributed by atoms with Gasteiger partial charge in [0.25, 0.3) is 0 Å². The van der Waals surface area contributed by atoms with Crippen LogP contribution in [-0.4, -0.2) is 16.2 Å². The van der Waals surface area contributed by atoms with E-state index in [0.717, 1.165) is 11.3 Å². The molecule has 7 heteroatoms. The molecule has 0 bridgehead atoms. The van der Waals surface area contributed by atoms with Crippen LogP contribution in [0.4, 0.5) is 9.80 Å². The van der Waals surface area contributed by atoms with Crippen LogP contribution in [0.1, 0.15) is 0 Å². The van der Waals surface area contributed by atoms with E-state index in [1.54, 1.807) is 0 Å². The first kappa shape index (κ1) is 8.44. The van der Waals surface area contributed by atoms with Gasteiger partial charge >= 0.3 is 6.09 Å². The highest BCUT2D eigenvalue weighted by Gasteiger charge is 2.14. The number of anilines is 1. The summed E-state index contributed by atoms with van der Waals surface area (Å²) in [4.78, 5) is 14.1. The molecule has 11 heavy (non-hydrogen) atoms. The molecule has 0 saturated carbocycles. The van der Waals surface area contributed by atoms with Gasteiger partial charge in [-0.1, -0.05) is 0 Å². The fraction of sp³-hybridized carbons (Fsp3) is 0. The summed E-state index contributed by atoms with van der Waals surface area (Å²) >= 11 is 4.20. The minimum atomic E-state index is -1.21. The van der Waals surface area contributed by atoms with Gasteiger partial charge in [-0.15, -0.1) is 11.3 Å². The molecule has 0 saturated heterocycles. The summed E-state index contributed by atoms with van der Waals surface area (Å²) in [5.41, 5.74) is 1.50. The van der Waals surface area contributed by atoms with Crippen molar-refractivity contribution in [1.29, 1.82) is 0 Å². The van der Waals surface area contributed by atoms with Crippen molar-refractivity contribution >= 4 is 38.4 Å². The Labute approximate surface area is 74.5 Å². The number of hydrogen-bond acceptors (Lipinski definition) is 4. The summed E-state index contributed by atoms with van der Waals surface area (Å²) in [7, 11) is 0. The lowest BCUT2D eigenvalue weighted by Gasteiger charge is -2.08. The summed E-state index contributed by atoms with van der Waals surface area (Å²) in [6.07, 6.45) is -1.21. The maximum atomic E-state index is 10.3. The first-order valence-electron chi connectivity index (χ1n) is 2.49. The molecule has 0 spiro atoms. The number of aromatic nitrogens is 1. The van der Waals surface area contributed by atoms with E-state index in [4.69, 9.17) is 10.9 Å². The minimum absolute atomic E-state index is 0.373. The number of hydrogen-bond donors (Lipinski definition) is 2. The molecule has 0 aliphatic heterocycles. The molecular weight excluding hydrogens is 234 g/mol. The van der Waals surface area contributed by atoms with Gasteiger partial charge in [0, 0.05) is 0 Å². The number of carboxylic acid groups (broad SMARTS) is 1. The number of nitrogens with two attached hydrogens (primary N) is 1. The molecule has 0 unspecified atom stereocenters. The second-order valence-electron chi connectivity index (χ2n) is 1.60. The second kappa shape index (κ2) is 3.16. The highest BCUT2D eigenvalue weighted by atomic mass is 79.9. The van der Waals surface area contributed by atoms with Crippen molar-refractivity contribution in [3.63, 3.8) is 0 Å². The van der Waals surface area contributed by atoms with Crippen molar-refractivity contribution < 1.29 is 9.90 Å². The first-order chi connectivity index (χ1) is 5.13. The third kappa shape index (κ3) is 1.67. The highest BCUT2D eigenvalue weighted by molar-refractivity contribution is 9.10. The lowest BCUT2D eigenvalue weighted by atomic mass is 10.8. The predicted octanol–water partition coefficient (Wildman–Crippen LogP) is 1.26. The van der Waals surface area contributed by atoms with Gasteiger partial charge in [0.2, 0.25) is 0 Å². The summed E-state index contributed by atoms with van der Waals surface area (Å²) in [5.74, 6) is 5.16. The Bertz CT molecular complexity index is 276. The van der Waals surface area contributed by atoms with E-state index < -0.39 is 6.09 Å². The average molecular weight is 238 g/mol. The summed E-state index contributed by atoms with van der Waals surface area (Å²) in [6, 6.07) is 0. The zero-order valence-corrected chi connectivity index (χ0v) is 7.59. The molecule has 5 nitrogen and oxygen atoms in total. The molecule has 0 aliphatic carbocycles. The Hall–Kier alpha value is -0.660. The van der Waals surface area contributed by atoms with Crippen LogP contribution in [0.3, 0.4) is 0 Å². The highest BCUT2D eigenvalue weighted by Crippen LogP contribution is 2.27. The van der Waals surface area contributed by atoms with Gasteiger partial charge in [0.05, 0.1) is 5.51 Å². The Kier molecular flexibility index (Phi) is 2.42. The van der Waals surface area contributed by atoms with E-state index >= 15 is 0 Å². The van der Waals surface area contributed by atoms with Crippen molar-refractivity contribution in [3.05, 3.63) is 10.1 Å². The largest absolute Gasteiger partial charge is 0.464 e. The van der Waals surface area contributed by atoms with Crippen LogP contribution in [0, 0.1) is 0 Å². The molecule has 0 aliphatic rings. The van der Waals surface area contributed by atoms with Gasteiger partial charge in [-0.25, -0.2) is 20.6 Å². The third-order valence-electron chi connectivity index (χ3n) is 0.932. The van der Waals surface area contributed by atoms with Gasteiger partial charge < -0.3 is 5.11 Å². The quantitative estimate of drug-likeness (QED) is 0.438. The van der Waals surface area contributed by atoms with E-state index in [0.29, 0.717) is 14.6 Å². The summed E-state index contributed by atoms with van der Waals surface area (Å²) < 4.78 is 0.437. The summed E-state index contributed by atoms with van der Waals surface area (Å²) in [5, 5.41) is 9.42. The molecule has 1 rings (SSSR count). The van der Waals surface area contributed by atoms with Gasteiger partial charge in [-0.05, 0) is 15.9 Å². The SMILES string of the molecule is NN(C(=O)O)c1scnc1Br. The number of halogens is 1. The smallest absolute Gasteiger partial charge is 0.427 e. The molecule has 0 atom stereocenters. The zero-order chi connectivity index (χ0) is 8.43. The Balaban J connectivity index is 2.92. The van der Waals surface area contributed by atoms with E-state index in [1.165, 1.54) is 5.51 Å². The molecular formula is C4H4BrN3O2S. The van der Waals surface area contributed by atoms with Crippen molar-refractivity contribution in [2.75, 3.05) is 5.01 Å². The molecule has 0 fully saturated rings. The van der Waals surface area contributed by atoms with Gasteiger partial charge in [-0.2, -0.15) is 0 Å². The maximum Gasteiger partial charge on any atom is 0.427 e. The minimum Gasteiger partial charge on any atom is -0.464 e. The predicted molar refractivity (Wildman–Crippen MR) is 44.5 cm³/mol. The first-order valence-corrected chi connectivity index (χ1v) is 4.17. The van der Waals surface area contributed by atoms with E-state index in [2.05, 4.69) is 20.9 Å². The summed E-state index contributed by atoms with van der Waals surface area (Å²) in [6.45, 7) is 0. The van der Waals surface area contributed by atoms with E-state index in [1.807, 2.05) is 0 Å². The van der Waals surface area contributed by atoms with Gasteiger partial charge in [0.1, 0.15) is 4.60 Å². The molecule has 1 aromatic heterocycles. The fourth-order valence-corrected chi connectivity index (χ4v) is 1.78. The molecule has 60 valence electrons. The molecule has 0 aromatic carbocycles. The van der Waals surface area contributed by atoms with Crippen LogP contribution in [0.25, 0.3) is 0 Å². The fourth-order valence-electron chi connectivity index (χ4n) is 0.469. The third-order valence-corrected chi connectivity index (χ3v) is 2.60. The van der Waals surface area contributed by atoms with Gasteiger partial charge in [-0.3, -0.25) is 0 Å². The van der Waals surface area contributed by atoms with E-state index in [-0.39, 0.29) is 0 Å². The number of thiazole rings is 1. The van der Waals surface area contributed by atoms with Gasteiger partial charge in [0.15, 0.2) is 5.00 Å². The van der Waals surface area contributed by atoms with Crippen LogP contribution >= 0.6 is 27.3 Å². The lowest BCUT2D eigenvalue weighted by molar-refractivity contribution is 0.202. The monoisotopic (exact) mass is 237 g/mol. The molecule has 1 heterocycles.